The Bertz CT molecular complexity index is 1280. The summed E-state index contributed by atoms with van der Waals surface area (Å²) in [5.41, 5.74) is 0. The van der Waals surface area contributed by atoms with E-state index < -0.39 is 46.9 Å². The van der Waals surface area contributed by atoms with Gasteiger partial charge < -0.3 is 47.6 Å². The van der Waals surface area contributed by atoms with Crippen molar-refractivity contribution in [3.8, 4) is 0 Å². The van der Waals surface area contributed by atoms with Crippen LogP contribution < -0.4 is 42.5 Å². The topological polar surface area (TPSA) is 273 Å². The maximum Gasteiger partial charge on any atom is 0.314 e. The number of nitrogens with one attached hydrogen (secondary N) is 8. The summed E-state index contributed by atoms with van der Waals surface area (Å²) in [5, 5.41) is 29.2. The third-order valence-electron chi connectivity index (χ3n) is 7.33. The number of unbranched alkanes of at least 4 members (excludes halogenated alkanes) is 1. The number of likely N-dealkylation sites (tertiary alicyclic amines) is 1. The molecule has 1 rings (SSSR count). The molecule has 0 aliphatic carbocycles. The minimum Gasteiger partial charge on any atom is -0.395 e. The average molecular weight is 822 g/mol. The molecule has 0 radical (unpaired) electrons. The summed E-state index contributed by atoms with van der Waals surface area (Å²) in [5.74, 6) is -1.79. The standard InChI is InChI=1S/C32H55N9O10S3/c1-4-33-29(48)23(7-5-6-10-35-26(45)8-11-37-32(51)38-14-18-54-53-17-13-34-21(2)43)40-27(46)9-15-41-28(47)19-25(31(41)50)52-20-24(39-22(3)44)30(49)36-12-16-42/h23-25,42H,4-20H2,1-3H3,(H,33,48)(H,34,43)(H,35,45)(H,36,49)(H,39,44)(H,40,46)(H2,37,38,51). The number of amides is 10. The summed E-state index contributed by atoms with van der Waals surface area (Å²) in [7, 11) is 3.17. The molecule has 9 N–H and O–H groups in total. The molecule has 1 saturated heterocycles. The van der Waals surface area contributed by atoms with Gasteiger partial charge in [-0.25, -0.2) is 4.79 Å². The largest absolute Gasteiger partial charge is 0.395 e. The lowest BCUT2D eigenvalue weighted by Gasteiger charge is -2.20. The van der Waals surface area contributed by atoms with E-state index in [1.54, 1.807) is 28.5 Å². The van der Waals surface area contributed by atoms with E-state index in [-0.39, 0.29) is 81.4 Å². The van der Waals surface area contributed by atoms with E-state index in [9.17, 15) is 43.2 Å². The van der Waals surface area contributed by atoms with Crippen LogP contribution in [-0.4, -0.2) is 150 Å². The summed E-state index contributed by atoms with van der Waals surface area (Å²) in [6.07, 6.45) is 1.01. The first-order chi connectivity index (χ1) is 25.8. The normalized spacial score (nSPS) is 14.7. The van der Waals surface area contributed by atoms with Crippen LogP contribution in [-0.2, 0) is 38.4 Å². The third-order valence-corrected chi connectivity index (χ3v) is 11.0. The smallest absolute Gasteiger partial charge is 0.314 e. The van der Waals surface area contributed by atoms with Crippen molar-refractivity contribution >= 4 is 86.6 Å². The number of urea groups is 1. The Balaban J connectivity index is 2.38. The number of aliphatic hydroxyl groups is 1. The molecule has 1 aliphatic heterocycles. The van der Waals surface area contributed by atoms with Crippen molar-refractivity contribution in [2.75, 3.05) is 69.7 Å². The Morgan fingerprint density at radius 2 is 1.41 bits per heavy atom. The van der Waals surface area contributed by atoms with Gasteiger partial charge in [0.15, 0.2) is 0 Å². The third kappa shape index (κ3) is 21.8. The van der Waals surface area contributed by atoms with Crippen LogP contribution in [0.5, 0.6) is 0 Å². The lowest BCUT2D eigenvalue weighted by molar-refractivity contribution is -0.139. The lowest BCUT2D eigenvalue weighted by atomic mass is 10.1. The molecular formula is C32H55N9O10S3. The zero-order valence-corrected chi connectivity index (χ0v) is 33.5. The number of nitrogens with zero attached hydrogens (tertiary/aromatic N) is 1. The Kier molecular flexibility index (Phi) is 25.6. The predicted octanol–water partition coefficient (Wildman–Crippen LogP) is -2.04. The zero-order valence-electron chi connectivity index (χ0n) is 31.0. The molecule has 0 saturated carbocycles. The van der Waals surface area contributed by atoms with Crippen LogP contribution in [0, 0.1) is 0 Å². The molecule has 0 aromatic carbocycles. The first-order valence-corrected chi connectivity index (χ1v) is 21.3. The van der Waals surface area contributed by atoms with Crippen molar-refractivity contribution in [2.24, 2.45) is 0 Å². The number of rotatable bonds is 28. The van der Waals surface area contributed by atoms with E-state index in [2.05, 4.69) is 42.5 Å². The minimum atomic E-state index is -0.980. The van der Waals surface area contributed by atoms with E-state index in [1.807, 2.05) is 0 Å². The summed E-state index contributed by atoms with van der Waals surface area (Å²) in [6.45, 7) is 5.80. The van der Waals surface area contributed by atoms with Crippen LogP contribution in [0.1, 0.15) is 59.3 Å². The Labute approximate surface area is 327 Å². The molecule has 1 aliphatic rings. The molecule has 22 heteroatoms. The quantitative estimate of drug-likeness (QED) is 0.0234. The number of likely N-dealkylation sites (N-methyl/N-ethyl adjacent to an activating group) is 1. The molecule has 0 bridgehead atoms. The molecule has 3 unspecified atom stereocenters. The predicted molar refractivity (Wildman–Crippen MR) is 207 cm³/mol. The van der Waals surface area contributed by atoms with Crippen LogP contribution in [0.2, 0.25) is 0 Å². The molecule has 0 aromatic heterocycles. The van der Waals surface area contributed by atoms with E-state index in [0.717, 1.165) is 22.4 Å². The Morgan fingerprint density at radius 3 is 2.06 bits per heavy atom. The van der Waals surface area contributed by atoms with Gasteiger partial charge >= 0.3 is 6.03 Å². The number of hydrogen-bond acceptors (Lipinski definition) is 13. The number of carbonyl (C=O) groups excluding carboxylic acids is 9. The Hall–Kier alpha value is -3.76. The Morgan fingerprint density at radius 1 is 0.741 bits per heavy atom. The van der Waals surface area contributed by atoms with E-state index in [4.69, 9.17) is 5.11 Å². The highest BCUT2D eigenvalue weighted by Gasteiger charge is 2.39. The second kappa shape index (κ2) is 28.7. The van der Waals surface area contributed by atoms with Gasteiger partial charge in [0.25, 0.3) is 0 Å². The second-order valence-corrected chi connectivity index (χ2v) is 15.8. The van der Waals surface area contributed by atoms with Gasteiger partial charge in [-0.3, -0.25) is 43.3 Å². The number of imide groups is 1. The lowest BCUT2D eigenvalue weighted by Crippen LogP contribution is -2.48. The van der Waals surface area contributed by atoms with Gasteiger partial charge in [0.2, 0.25) is 47.3 Å². The highest BCUT2D eigenvalue weighted by molar-refractivity contribution is 8.76. The van der Waals surface area contributed by atoms with E-state index >= 15 is 0 Å². The van der Waals surface area contributed by atoms with Crippen molar-refractivity contribution in [3.05, 3.63) is 0 Å². The molecular weight excluding hydrogens is 767 g/mol. The van der Waals surface area contributed by atoms with Crippen molar-refractivity contribution < 1.29 is 48.3 Å². The fourth-order valence-electron chi connectivity index (χ4n) is 4.74. The molecule has 3 atom stereocenters. The van der Waals surface area contributed by atoms with Crippen LogP contribution in [0.25, 0.3) is 0 Å². The highest BCUT2D eigenvalue weighted by Crippen LogP contribution is 2.26. The highest BCUT2D eigenvalue weighted by atomic mass is 33.1. The van der Waals surface area contributed by atoms with Gasteiger partial charge in [0.1, 0.15) is 12.1 Å². The number of aliphatic hydroxyl groups excluding tert-OH is 1. The second-order valence-electron chi connectivity index (χ2n) is 11.8. The molecule has 306 valence electrons. The van der Waals surface area contributed by atoms with Gasteiger partial charge in [0.05, 0.1) is 11.9 Å². The van der Waals surface area contributed by atoms with Crippen molar-refractivity contribution in [1.82, 2.24) is 47.4 Å². The number of carbonyl (C=O) groups is 9. The van der Waals surface area contributed by atoms with Crippen molar-refractivity contribution in [2.45, 2.75) is 76.6 Å². The molecule has 10 amide bonds. The zero-order chi connectivity index (χ0) is 40.3. The van der Waals surface area contributed by atoms with Crippen LogP contribution in [0.4, 0.5) is 4.79 Å². The maximum absolute atomic E-state index is 13.0. The van der Waals surface area contributed by atoms with Gasteiger partial charge in [-0.1, -0.05) is 21.6 Å². The van der Waals surface area contributed by atoms with Crippen LogP contribution in [0.3, 0.4) is 0 Å². The van der Waals surface area contributed by atoms with E-state index in [1.165, 1.54) is 13.8 Å². The van der Waals surface area contributed by atoms with Crippen LogP contribution >= 0.6 is 33.3 Å². The van der Waals surface area contributed by atoms with Crippen molar-refractivity contribution in [3.63, 3.8) is 0 Å². The van der Waals surface area contributed by atoms with Gasteiger partial charge in [-0.15, -0.1) is 11.8 Å². The summed E-state index contributed by atoms with van der Waals surface area (Å²) < 4.78 is 0. The molecule has 19 nitrogen and oxygen atoms in total. The average Bonchev–Trinajstić information content (AvgIpc) is 3.39. The minimum absolute atomic E-state index is 0.00730. The summed E-state index contributed by atoms with van der Waals surface area (Å²) >= 11 is 1.03. The molecule has 54 heavy (non-hydrogen) atoms. The molecule has 1 fully saturated rings. The SMILES string of the molecule is CCNC(=O)C(CCCCNC(=O)CCNC(=O)NCCSSCCNC(C)=O)NC(=O)CCN1C(=O)CC(SCC(NC(C)=O)C(=O)NCCO)C1=O. The number of hydrogen-bond donors (Lipinski definition) is 9. The molecule has 1 heterocycles. The van der Waals surface area contributed by atoms with Gasteiger partial charge in [-0.2, -0.15) is 0 Å². The fourth-order valence-corrected chi connectivity index (χ4v) is 7.74. The maximum atomic E-state index is 13.0. The molecule has 0 aromatic rings. The first-order valence-electron chi connectivity index (χ1n) is 17.7. The molecule has 0 spiro atoms. The van der Waals surface area contributed by atoms with Gasteiger partial charge in [0, 0.05) is 96.2 Å². The summed E-state index contributed by atoms with van der Waals surface area (Å²) in [4.78, 5) is 111. The van der Waals surface area contributed by atoms with Crippen molar-refractivity contribution in [1.29, 1.82) is 0 Å². The monoisotopic (exact) mass is 821 g/mol. The fraction of sp³-hybridized carbons (Fsp3) is 0.719. The number of thioether (sulfide) groups is 1. The first kappa shape index (κ1) is 48.3. The van der Waals surface area contributed by atoms with Gasteiger partial charge in [-0.05, 0) is 26.2 Å². The summed E-state index contributed by atoms with van der Waals surface area (Å²) in [6, 6.07) is -2.22. The van der Waals surface area contributed by atoms with E-state index in [0.29, 0.717) is 44.8 Å². The van der Waals surface area contributed by atoms with Crippen LogP contribution in [0.15, 0.2) is 0 Å².